The van der Waals surface area contributed by atoms with E-state index in [1.54, 1.807) is 0 Å². The standard InChI is InChI=1S/C37H28N4.Pt/c1-37(2)33-21-19-29(40(27-13-5-3-6-14-27)35-17-9-11-23-38-35)25-31(33)32-26-30(20-22-34(32)37)41(28-15-7-4-8-16-28)36-18-10-12-24-39-36;/h3-24H,1-2H3;/q-2;+2. The summed E-state index contributed by atoms with van der Waals surface area (Å²) in [7, 11) is 0. The second-order valence-corrected chi connectivity index (χ2v) is 10.6. The Kier molecular flexibility index (Phi) is 7.49. The zero-order valence-corrected chi connectivity index (χ0v) is 25.6. The minimum absolute atomic E-state index is 0. The Bertz CT molecular complexity index is 1590. The second kappa shape index (κ2) is 11.4. The fourth-order valence-electron chi connectivity index (χ4n) is 5.72. The van der Waals surface area contributed by atoms with Gasteiger partial charge in [-0.3, -0.25) is 0 Å². The van der Waals surface area contributed by atoms with Crippen molar-refractivity contribution < 1.29 is 21.1 Å². The van der Waals surface area contributed by atoms with Crippen molar-refractivity contribution >= 4 is 34.4 Å². The van der Waals surface area contributed by atoms with E-state index in [2.05, 4.69) is 94.3 Å². The smallest absolute Gasteiger partial charge is 0.314 e. The molecule has 0 aliphatic heterocycles. The van der Waals surface area contributed by atoms with Crippen LogP contribution >= 0.6 is 0 Å². The van der Waals surface area contributed by atoms with Gasteiger partial charge in [-0.15, -0.1) is 24.3 Å². The number of rotatable bonds is 6. The van der Waals surface area contributed by atoms with Gasteiger partial charge >= 0.3 is 21.1 Å². The van der Waals surface area contributed by atoms with Crippen molar-refractivity contribution in [2.45, 2.75) is 19.3 Å². The van der Waals surface area contributed by atoms with Gasteiger partial charge in [0.2, 0.25) is 0 Å². The van der Waals surface area contributed by atoms with Crippen LogP contribution in [0.2, 0.25) is 0 Å². The van der Waals surface area contributed by atoms with Crippen LogP contribution in [-0.4, -0.2) is 9.97 Å². The molecule has 0 spiro atoms. The van der Waals surface area contributed by atoms with Crippen molar-refractivity contribution in [3.63, 3.8) is 0 Å². The van der Waals surface area contributed by atoms with Crippen molar-refractivity contribution in [3.05, 3.63) is 157 Å². The fourth-order valence-corrected chi connectivity index (χ4v) is 5.72. The van der Waals surface area contributed by atoms with E-state index in [0.29, 0.717) is 0 Å². The number of fused-ring (bicyclic) bond motifs is 3. The topological polar surface area (TPSA) is 32.3 Å². The summed E-state index contributed by atoms with van der Waals surface area (Å²) in [6.07, 6.45) is 3.65. The van der Waals surface area contributed by atoms with Crippen LogP contribution in [0.25, 0.3) is 11.1 Å². The van der Waals surface area contributed by atoms with Gasteiger partial charge in [0, 0.05) is 23.8 Å². The Balaban J connectivity index is 0.00000316. The third-order valence-corrected chi connectivity index (χ3v) is 7.72. The molecule has 1 aliphatic rings. The molecule has 0 atom stereocenters. The van der Waals surface area contributed by atoms with Gasteiger partial charge in [-0.1, -0.05) is 67.8 Å². The Hall–Kier alpha value is -4.53. The minimum atomic E-state index is -0.181. The molecule has 2 heterocycles. The quantitative estimate of drug-likeness (QED) is 0.161. The second-order valence-electron chi connectivity index (χ2n) is 10.6. The van der Waals surface area contributed by atoms with Crippen molar-refractivity contribution in [1.82, 2.24) is 9.97 Å². The van der Waals surface area contributed by atoms with E-state index in [1.807, 2.05) is 85.2 Å². The van der Waals surface area contributed by atoms with E-state index < -0.39 is 0 Å². The molecule has 0 radical (unpaired) electrons. The molecule has 0 saturated carbocycles. The average molecular weight is 724 g/mol. The summed E-state index contributed by atoms with van der Waals surface area (Å²) in [6.45, 7) is 4.56. The van der Waals surface area contributed by atoms with Gasteiger partial charge in [0.15, 0.2) is 0 Å². The number of aromatic nitrogens is 2. The minimum Gasteiger partial charge on any atom is -0.314 e. The van der Waals surface area contributed by atoms with Gasteiger partial charge in [-0.25, -0.2) is 21.1 Å². The molecular weight excluding hydrogens is 696 g/mol. The number of nitrogens with zero attached hydrogens (tertiary/aromatic N) is 4. The molecule has 5 heteroatoms. The van der Waals surface area contributed by atoms with Crippen LogP contribution in [0.15, 0.2) is 134 Å². The Morgan fingerprint density at radius 1 is 0.500 bits per heavy atom. The molecule has 42 heavy (non-hydrogen) atoms. The molecule has 0 unspecified atom stereocenters. The summed E-state index contributed by atoms with van der Waals surface area (Å²) in [6, 6.07) is 49.0. The number of para-hydroxylation sites is 2. The summed E-state index contributed by atoms with van der Waals surface area (Å²) in [5.41, 5.74) is 8.35. The number of benzene rings is 4. The molecule has 4 nitrogen and oxygen atoms in total. The molecule has 6 aromatic rings. The van der Waals surface area contributed by atoms with E-state index in [9.17, 15) is 0 Å². The van der Waals surface area contributed by atoms with Gasteiger partial charge in [0.25, 0.3) is 0 Å². The number of hydrogen-bond acceptors (Lipinski definition) is 4. The summed E-state index contributed by atoms with van der Waals surface area (Å²) < 4.78 is 0. The van der Waals surface area contributed by atoms with E-state index in [1.165, 1.54) is 11.1 Å². The molecule has 0 saturated heterocycles. The first-order valence-corrected chi connectivity index (χ1v) is 13.8. The van der Waals surface area contributed by atoms with Crippen molar-refractivity contribution in [2.24, 2.45) is 0 Å². The van der Waals surface area contributed by atoms with E-state index in [-0.39, 0.29) is 26.5 Å². The van der Waals surface area contributed by atoms with Crippen molar-refractivity contribution in [1.29, 1.82) is 0 Å². The Morgan fingerprint density at radius 2 is 0.905 bits per heavy atom. The van der Waals surface area contributed by atoms with Crippen molar-refractivity contribution in [2.75, 3.05) is 9.80 Å². The average Bonchev–Trinajstić information content (AvgIpc) is 3.25. The van der Waals surface area contributed by atoms with Gasteiger partial charge in [0.1, 0.15) is 11.6 Å². The zero-order chi connectivity index (χ0) is 27.8. The molecular formula is C37H28N4Pt. The fraction of sp³-hybridized carbons (Fsp3) is 0.0811. The summed E-state index contributed by atoms with van der Waals surface area (Å²) in [5, 5.41) is 0. The molecule has 206 valence electrons. The maximum absolute atomic E-state index is 4.69. The van der Waals surface area contributed by atoms with Gasteiger partial charge < -0.3 is 9.80 Å². The predicted molar refractivity (Wildman–Crippen MR) is 167 cm³/mol. The first-order valence-electron chi connectivity index (χ1n) is 13.8. The van der Waals surface area contributed by atoms with Crippen LogP contribution in [0, 0.1) is 12.1 Å². The van der Waals surface area contributed by atoms with Crippen LogP contribution in [0.3, 0.4) is 0 Å². The summed E-state index contributed by atoms with van der Waals surface area (Å²) in [5.74, 6) is 1.69. The number of pyridine rings is 2. The molecule has 2 aromatic heterocycles. The monoisotopic (exact) mass is 723 g/mol. The third kappa shape index (κ3) is 4.82. The van der Waals surface area contributed by atoms with Crippen molar-refractivity contribution in [3.8, 4) is 11.1 Å². The molecule has 0 bridgehead atoms. The third-order valence-electron chi connectivity index (χ3n) is 7.72. The van der Waals surface area contributed by atoms with Gasteiger partial charge in [-0.2, -0.15) is 23.3 Å². The molecule has 0 fully saturated rings. The summed E-state index contributed by atoms with van der Waals surface area (Å²) in [4.78, 5) is 13.7. The molecule has 7 rings (SSSR count). The normalized spacial score (nSPS) is 12.5. The largest absolute Gasteiger partial charge is 2.00 e. The first-order chi connectivity index (χ1) is 20.1. The van der Waals surface area contributed by atoms with Gasteiger partial charge in [-0.05, 0) is 59.9 Å². The van der Waals surface area contributed by atoms with Gasteiger partial charge in [0.05, 0.1) is 0 Å². The number of hydrogen-bond donors (Lipinski definition) is 0. The maximum Gasteiger partial charge on any atom is 2.00 e. The number of anilines is 6. The molecule has 4 aromatic carbocycles. The van der Waals surface area contributed by atoms with E-state index >= 15 is 0 Å². The van der Waals surface area contributed by atoms with E-state index in [4.69, 9.17) is 0 Å². The van der Waals surface area contributed by atoms with Crippen LogP contribution in [0.5, 0.6) is 0 Å². The van der Waals surface area contributed by atoms with Crippen LogP contribution in [-0.2, 0) is 26.5 Å². The first kappa shape index (κ1) is 27.6. The molecule has 1 aliphatic carbocycles. The SMILES string of the molecule is CC1(C)c2ccc(N(c3ccccc3)c3ccccn3)[c-]c2-c2[c-]c(N(c3ccccc3)c3ccccn3)ccc21.[Pt+2]. The molecule has 0 amide bonds. The zero-order valence-electron chi connectivity index (χ0n) is 23.3. The molecule has 0 N–H and O–H groups in total. The Morgan fingerprint density at radius 3 is 1.29 bits per heavy atom. The van der Waals surface area contributed by atoms with Crippen LogP contribution < -0.4 is 9.80 Å². The van der Waals surface area contributed by atoms with Crippen LogP contribution in [0.4, 0.5) is 34.4 Å². The Labute approximate surface area is 261 Å². The summed E-state index contributed by atoms with van der Waals surface area (Å²) >= 11 is 0. The van der Waals surface area contributed by atoms with Crippen LogP contribution in [0.1, 0.15) is 25.0 Å². The predicted octanol–water partition coefficient (Wildman–Crippen LogP) is 9.32. The maximum atomic E-state index is 4.69. The van der Waals surface area contributed by atoms with E-state index in [0.717, 1.165) is 45.5 Å².